The largest absolute Gasteiger partial charge is 0.417 e. The van der Waals surface area contributed by atoms with Crippen LogP contribution in [0.1, 0.15) is 5.56 Å². The molecule has 0 aliphatic rings. The normalized spacial score (nSPS) is 11.0. The van der Waals surface area contributed by atoms with Gasteiger partial charge in [0.15, 0.2) is 0 Å². The summed E-state index contributed by atoms with van der Waals surface area (Å²) in [7, 11) is 0. The minimum Gasteiger partial charge on any atom is -0.307 e. The molecule has 0 aliphatic carbocycles. The van der Waals surface area contributed by atoms with Crippen LogP contribution in [-0.4, -0.2) is 11.0 Å². The van der Waals surface area contributed by atoms with Gasteiger partial charge in [0, 0.05) is 18.1 Å². The lowest BCUT2D eigenvalue weighted by Gasteiger charge is -2.13. The highest BCUT2D eigenvalue weighted by atomic mass is 35.5. The Morgan fingerprint density at radius 2 is 1.50 bits per heavy atom. The predicted molar refractivity (Wildman–Crippen MR) is 102 cm³/mol. The smallest absolute Gasteiger partial charge is 0.307 e. The van der Waals surface area contributed by atoms with E-state index in [1.165, 1.54) is 6.07 Å². The van der Waals surface area contributed by atoms with Gasteiger partial charge in [-0.2, -0.15) is 13.2 Å². The van der Waals surface area contributed by atoms with Crippen LogP contribution in [-0.2, 0) is 6.18 Å². The molecule has 2 aromatic carbocycles. The maximum Gasteiger partial charge on any atom is 0.417 e. The molecular formula is C19H14ClF3N4O. The van der Waals surface area contributed by atoms with Crippen molar-refractivity contribution in [3.05, 3.63) is 77.6 Å². The number of hydrogen-bond acceptors (Lipinski definition) is 3. The fourth-order valence-electron chi connectivity index (χ4n) is 2.40. The summed E-state index contributed by atoms with van der Waals surface area (Å²) in [5, 5.41) is 1.87. The lowest BCUT2D eigenvalue weighted by molar-refractivity contribution is -0.137. The standard InChI is InChI=1S/C19H14ClF3N4O/c20-17-6-5-15(11-16(17)19(21,22)23)25-18(28)27-26-14-3-1-12(2-4-14)13-7-9-24-10-8-13/h1-11,26H,(H2,25,27,28). The summed E-state index contributed by atoms with van der Waals surface area (Å²) >= 11 is 5.55. The van der Waals surface area contributed by atoms with E-state index in [0.717, 1.165) is 23.3 Å². The van der Waals surface area contributed by atoms with Crippen LogP contribution in [0.3, 0.4) is 0 Å². The van der Waals surface area contributed by atoms with Gasteiger partial charge in [-0.15, -0.1) is 0 Å². The van der Waals surface area contributed by atoms with Crippen LogP contribution < -0.4 is 16.2 Å². The van der Waals surface area contributed by atoms with Gasteiger partial charge in [0.25, 0.3) is 0 Å². The number of aromatic nitrogens is 1. The van der Waals surface area contributed by atoms with Crippen molar-refractivity contribution in [3.63, 3.8) is 0 Å². The van der Waals surface area contributed by atoms with Crippen LogP contribution in [0, 0.1) is 0 Å². The Labute approximate surface area is 163 Å². The number of pyridine rings is 1. The molecule has 3 N–H and O–H groups in total. The van der Waals surface area contributed by atoms with Gasteiger partial charge in [-0.25, -0.2) is 4.79 Å². The van der Waals surface area contributed by atoms with E-state index in [1.54, 1.807) is 24.5 Å². The molecule has 0 saturated carbocycles. The molecule has 2 amide bonds. The second kappa shape index (κ2) is 8.18. The third-order valence-corrected chi connectivity index (χ3v) is 4.08. The van der Waals surface area contributed by atoms with Gasteiger partial charge in [-0.3, -0.25) is 15.8 Å². The van der Waals surface area contributed by atoms with E-state index in [9.17, 15) is 18.0 Å². The first-order valence-electron chi connectivity index (χ1n) is 8.03. The summed E-state index contributed by atoms with van der Waals surface area (Å²) in [6, 6.07) is 13.3. The molecule has 1 aromatic heterocycles. The maximum absolute atomic E-state index is 12.9. The highest BCUT2D eigenvalue weighted by Gasteiger charge is 2.33. The number of rotatable bonds is 4. The predicted octanol–water partition coefficient (Wildman–Crippen LogP) is 5.57. The van der Waals surface area contributed by atoms with Crippen molar-refractivity contribution < 1.29 is 18.0 Å². The van der Waals surface area contributed by atoms with Gasteiger partial charge in [0.2, 0.25) is 0 Å². The number of nitrogens with zero attached hydrogens (tertiary/aromatic N) is 1. The number of halogens is 4. The number of hydrazine groups is 1. The van der Waals surface area contributed by atoms with Gasteiger partial charge in [-0.1, -0.05) is 23.7 Å². The molecule has 0 fully saturated rings. The van der Waals surface area contributed by atoms with Gasteiger partial charge < -0.3 is 5.32 Å². The van der Waals surface area contributed by atoms with E-state index in [0.29, 0.717) is 5.69 Å². The number of benzene rings is 2. The van der Waals surface area contributed by atoms with Gasteiger partial charge >= 0.3 is 12.2 Å². The Bertz CT molecular complexity index is 963. The molecule has 0 aliphatic heterocycles. The number of carbonyl (C=O) groups excluding carboxylic acids is 1. The molecule has 0 radical (unpaired) electrons. The fourth-order valence-corrected chi connectivity index (χ4v) is 2.63. The number of hydrogen-bond donors (Lipinski definition) is 3. The van der Waals surface area contributed by atoms with Crippen molar-refractivity contribution in [2.24, 2.45) is 0 Å². The Morgan fingerprint density at radius 3 is 2.14 bits per heavy atom. The Balaban J connectivity index is 1.59. The van der Waals surface area contributed by atoms with E-state index >= 15 is 0 Å². The van der Waals surface area contributed by atoms with E-state index in [2.05, 4.69) is 21.2 Å². The van der Waals surface area contributed by atoms with Gasteiger partial charge in [-0.05, 0) is 53.6 Å². The topological polar surface area (TPSA) is 66.0 Å². The summed E-state index contributed by atoms with van der Waals surface area (Å²) in [4.78, 5) is 15.9. The Morgan fingerprint density at radius 1 is 0.893 bits per heavy atom. The first-order chi connectivity index (χ1) is 13.3. The molecule has 9 heteroatoms. The zero-order valence-corrected chi connectivity index (χ0v) is 15.0. The van der Waals surface area contributed by atoms with Gasteiger partial charge in [0.1, 0.15) is 0 Å². The third kappa shape index (κ3) is 4.92. The Hall–Kier alpha value is -3.26. The molecule has 0 spiro atoms. The molecule has 0 atom stereocenters. The molecule has 0 saturated heterocycles. The number of amides is 2. The van der Waals surface area contributed by atoms with Crippen LogP contribution in [0.2, 0.25) is 5.02 Å². The zero-order chi connectivity index (χ0) is 20.1. The van der Waals surface area contributed by atoms with E-state index in [4.69, 9.17) is 11.6 Å². The molecule has 28 heavy (non-hydrogen) atoms. The number of anilines is 2. The van der Waals surface area contributed by atoms with Crippen LogP contribution in [0.25, 0.3) is 11.1 Å². The molecule has 1 heterocycles. The monoisotopic (exact) mass is 406 g/mol. The molecule has 0 bridgehead atoms. The van der Waals surface area contributed by atoms with E-state index in [-0.39, 0.29) is 5.69 Å². The second-order valence-corrected chi connectivity index (χ2v) is 6.12. The molecule has 3 aromatic rings. The number of alkyl halides is 3. The summed E-state index contributed by atoms with van der Waals surface area (Å²) in [6.45, 7) is 0. The maximum atomic E-state index is 12.9. The molecule has 0 unspecified atom stereocenters. The first kappa shape index (κ1) is 19.5. The summed E-state index contributed by atoms with van der Waals surface area (Å²) in [5.74, 6) is 0. The number of urea groups is 1. The summed E-state index contributed by atoms with van der Waals surface area (Å²) in [5.41, 5.74) is 6.54. The van der Waals surface area contributed by atoms with Crippen molar-refractivity contribution >= 4 is 29.0 Å². The van der Waals surface area contributed by atoms with Crippen molar-refractivity contribution in [2.75, 3.05) is 10.7 Å². The number of nitrogens with one attached hydrogen (secondary N) is 3. The minimum absolute atomic E-state index is 0.0379. The molecular weight excluding hydrogens is 393 g/mol. The highest BCUT2D eigenvalue weighted by molar-refractivity contribution is 6.31. The lowest BCUT2D eigenvalue weighted by Crippen LogP contribution is -2.33. The van der Waals surface area contributed by atoms with Crippen LogP contribution >= 0.6 is 11.6 Å². The van der Waals surface area contributed by atoms with Crippen molar-refractivity contribution in [3.8, 4) is 11.1 Å². The summed E-state index contributed by atoms with van der Waals surface area (Å²) < 4.78 is 38.6. The van der Waals surface area contributed by atoms with Crippen LogP contribution in [0.15, 0.2) is 67.0 Å². The lowest BCUT2D eigenvalue weighted by atomic mass is 10.1. The van der Waals surface area contributed by atoms with Crippen molar-refractivity contribution in [1.82, 2.24) is 10.4 Å². The average Bonchev–Trinajstić information content (AvgIpc) is 2.68. The van der Waals surface area contributed by atoms with Crippen molar-refractivity contribution in [1.29, 1.82) is 0 Å². The second-order valence-electron chi connectivity index (χ2n) is 5.71. The van der Waals surface area contributed by atoms with E-state index < -0.39 is 22.8 Å². The third-order valence-electron chi connectivity index (χ3n) is 3.75. The summed E-state index contributed by atoms with van der Waals surface area (Å²) in [6.07, 6.45) is -1.23. The Kier molecular flexibility index (Phi) is 5.70. The van der Waals surface area contributed by atoms with Crippen LogP contribution in [0.5, 0.6) is 0 Å². The highest BCUT2D eigenvalue weighted by Crippen LogP contribution is 2.36. The molecule has 3 rings (SSSR count). The number of carbonyl (C=O) groups is 1. The van der Waals surface area contributed by atoms with Gasteiger partial charge in [0.05, 0.1) is 16.3 Å². The molecule has 5 nitrogen and oxygen atoms in total. The average molecular weight is 407 g/mol. The SMILES string of the molecule is O=C(NNc1ccc(-c2ccncc2)cc1)Nc1ccc(Cl)c(C(F)(F)F)c1. The first-order valence-corrected chi connectivity index (χ1v) is 8.41. The zero-order valence-electron chi connectivity index (χ0n) is 14.2. The van der Waals surface area contributed by atoms with E-state index in [1.807, 2.05) is 24.3 Å². The fraction of sp³-hybridized carbons (Fsp3) is 0.0526. The molecule has 144 valence electrons. The quantitative estimate of drug-likeness (QED) is 0.496. The van der Waals surface area contributed by atoms with Crippen LogP contribution in [0.4, 0.5) is 29.3 Å². The van der Waals surface area contributed by atoms with Crippen molar-refractivity contribution in [2.45, 2.75) is 6.18 Å². The minimum atomic E-state index is -4.61.